The van der Waals surface area contributed by atoms with Crippen LogP contribution in [-0.2, 0) is 10.2 Å². The number of benzene rings is 1. The Balaban J connectivity index is 0.00000364. The van der Waals surface area contributed by atoms with Crippen molar-refractivity contribution < 1.29 is 13.6 Å². The maximum atomic E-state index is 14.4. The number of aliphatic imine (C=N–C) groups is 1. The number of carbonyl (C=O) groups excluding carboxylic acids is 1. The van der Waals surface area contributed by atoms with Crippen LogP contribution in [0.15, 0.2) is 23.2 Å². The van der Waals surface area contributed by atoms with Crippen molar-refractivity contribution in [1.82, 2.24) is 15.5 Å². The summed E-state index contributed by atoms with van der Waals surface area (Å²) in [4.78, 5) is 17.5. The van der Waals surface area contributed by atoms with Crippen molar-refractivity contribution in [1.29, 1.82) is 0 Å². The molecule has 27 heavy (non-hydrogen) atoms. The fourth-order valence-corrected chi connectivity index (χ4v) is 3.45. The van der Waals surface area contributed by atoms with Crippen LogP contribution in [0.5, 0.6) is 0 Å². The second-order valence-corrected chi connectivity index (χ2v) is 6.92. The summed E-state index contributed by atoms with van der Waals surface area (Å²) in [7, 11) is 3.35. The summed E-state index contributed by atoms with van der Waals surface area (Å²) in [5, 5.41) is 6.26. The number of halogens is 3. The molecule has 0 spiro atoms. The summed E-state index contributed by atoms with van der Waals surface area (Å²) < 4.78 is 28.8. The van der Waals surface area contributed by atoms with Gasteiger partial charge >= 0.3 is 0 Å². The Morgan fingerprint density at radius 1 is 1.19 bits per heavy atom. The van der Waals surface area contributed by atoms with Crippen LogP contribution in [0.4, 0.5) is 8.78 Å². The van der Waals surface area contributed by atoms with Crippen LogP contribution in [0, 0.1) is 11.6 Å². The lowest BCUT2D eigenvalue weighted by Gasteiger charge is -2.31. The molecule has 0 unspecified atom stereocenters. The minimum atomic E-state index is -0.600. The first-order chi connectivity index (χ1) is 12.4. The maximum absolute atomic E-state index is 14.4. The number of hydrogen-bond acceptors (Lipinski definition) is 2. The lowest BCUT2D eigenvalue weighted by Crippen LogP contribution is -2.45. The SMILES string of the molecule is CCNC(=NCC(=O)N(C)C)NCC1(c2c(F)cccc2F)CCCC1.I. The number of carbonyl (C=O) groups is 1. The van der Waals surface area contributed by atoms with Gasteiger partial charge in [-0.15, -0.1) is 24.0 Å². The molecule has 1 amide bonds. The molecule has 152 valence electrons. The van der Waals surface area contributed by atoms with E-state index in [-0.39, 0.29) is 42.0 Å². The molecular formula is C19H29F2IN4O. The molecule has 0 heterocycles. The van der Waals surface area contributed by atoms with Crippen molar-refractivity contribution in [2.45, 2.75) is 38.0 Å². The zero-order valence-electron chi connectivity index (χ0n) is 16.1. The molecule has 1 saturated carbocycles. The van der Waals surface area contributed by atoms with Crippen LogP contribution < -0.4 is 10.6 Å². The van der Waals surface area contributed by atoms with E-state index in [1.54, 1.807) is 14.1 Å². The first kappa shape index (κ1) is 23.6. The number of nitrogens with one attached hydrogen (secondary N) is 2. The zero-order valence-corrected chi connectivity index (χ0v) is 18.5. The zero-order chi connectivity index (χ0) is 19.2. The van der Waals surface area contributed by atoms with Gasteiger partial charge in [0.2, 0.25) is 5.91 Å². The van der Waals surface area contributed by atoms with Crippen LogP contribution in [0.3, 0.4) is 0 Å². The minimum Gasteiger partial charge on any atom is -0.357 e. The predicted molar refractivity (Wildman–Crippen MR) is 115 cm³/mol. The first-order valence-electron chi connectivity index (χ1n) is 9.06. The van der Waals surface area contributed by atoms with Gasteiger partial charge in [0.1, 0.15) is 18.2 Å². The van der Waals surface area contributed by atoms with Crippen molar-refractivity contribution >= 4 is 35.8 Å². The Labute approximate surface area is 177 Å². The smallest absolute Gasteiger partial charge is 0.243 e. The molecule has 1 aliphatic carbocycles. The molecule has 0 aromatic heterocycles. The van der Waals surface area contributed by atoms with Crippen molar-refractivity contribution in [3.05, 3.63) is 35.4 Å². The molecule has 0 saturated heterocycles. The number of rotatable bonds is 6. The number of amides is 1. The van der Waals surface area contributed by atoms with E-state index in [4.69, 9.17) is 0 Å². The lowest BCUT2D eigenvalue weighted by atomic mass is 9.78. The summed E-state index contributed by atoms with van der Waals surface area (Å²) in [5.41, 5.74) is -0.442. The molecule has 0 atom stereocenters. The molecule has 5 nitrogen and oxygen atoms in total. The third-order valence-corrected chi connectivity index (χ3v) is 4.86. The van der Waals surface area contributed by atoms with E-state index >= 15 is 0 Å². The fraction of sp³-hybridized carbons (Fsp3) is 0.579. The van der Waals surface area contributed by atoms with Gasteiger partial charge in [0.15, 0.2) is 5.96 Å². The number of nitrogens with zero attached hydrogens (tertiary/aromatic N) is 2. The standard InChI is InChI=1S/C19H28F2N4O.HI/c1-4-22-18(23-12-16(26)25(2)3)24-13-19(10-5-6-11-19)17-14(20)8-7-9-15(17)21;/h7-9H,4-6,10-13H2,1-3H3,(H2,22,23,24);1H. The molecular weight excluding hydrogens is 465 g/mol. The molecule has 0 bridgehead atoms. The average Bonchev–Trinajstić information content (AvgIpc) is 3.06. The first-order valence-corrected chi connectivity index (χ1v) is 9.06. The van der Waals surface area contributed by atoms with E-state index in [0.29, 0.717) is 31.9 Å². The van der Waals surface area contributed by atoms with Crippen LogP contribution in [-0.4, -0.2) is 50.5 Å². The highest BCUT2D eigenvalue weighted by Gasteiger charge is 2.39. The van der Waals surface area contributed by atoms with Crippen molar-refractivity contribution in [2.24, 2.45) is 4.99 Å². The lowest BCUT2D eigenvalue weighted by molar-refractivity contribution is -0.127. The third kappa shape index (κ3) is 6.02. The van der Waals surface area contributed by atoms with Crippen LogP contribution in [0.25, 0.3) is 0 Å². The summed E-state index contributed by atoms with van der Waals surface area (Å²) in [6, 6.07) is 4.02. The molecule has 2 rings (SSSR count). The summed E-state index contributed by atoms with van der Waals surface area (Å²) in [6.07, 6.45) is 3.30. The predicted octanol–water partition coefficient (Wildman–Crippen LogP) is 3.04. The molecule has 1 aromatic carbocycles. The molecule has 8 heteroatoms. The van der Waals surface area contributed by atoms with Crippen LogP contribution in [0.1, 0.15) is 38.2 Å². The van der Waals surface area contributed by atoms with E-state index in [0.717, 1.165) is 12.8 Å². The second kappa shape index (κ2) is 10.8. The molecule has 2 N–H and O–H groups in total. The highest BCUT2D eigenvalue weighted by Crippen LogP contribution is 2.42. The fourth-order valence-electron chi connectivity index (χ4n) is 3.45. The van der Waals surface area contributed by atoms with Gasteiger partial charge in [-0.3, -0.25) is 4.79 Å². The largest absolute Gasteiger partial charge is 0.357 e. The van der Waals surface area contributed by atoms with E-state index in [1.165, 1.54) is 23.1 Å². The van der Waals surface area contributed by atoms with Gasteiger partial charge in [-0.2, -0.15) is 0 Å². The van der Waals surface area contributed by atoms with Gasteiger partial charge in [-0.25, -0.2) is 13.8 Å². The summed E-state index contributed by atoms with van der Waals surface area (Å²) in [6.45, 7) is 2.94. The van der Waals surface area contributed by atoms with Gasteiger partial charge in [-0.05, 0) is 31.9 Å². The average molecular weight is 494 g/mol. The highest BCUT2D eigenvalue weighted by atomic mass is 127. The van der Waals surface area contributed by atoms with Crippen molar-refractivity contribution in [3.63, 3.8) is 0 Å². The third-order valence-electron chi connectivity index (χ3n) is 4.86. The Kier molecular flexibility index (Phi) is 9.41. The van der Waals surface area contributed by atoms with E-state index in [9.17, 15) is 13.6 Å². The Morgan fingerprint density at radius 3 is 2.30 bits per heavy atom. The molecule has 0 aliphatic heterocycles. The quantitative estimate of drug-likeness (QED) is 0.363. The van der Waals surface area contributed by atoms with Gasteiger partial charge < -0.3 is 15.5 Å². The molecule has 1 fully saturated rings. The highest BCUT2D eigenvalue weighted by molar-refractivity contribution is 14.0. The maximum Gasteiger partial charge on any atom is 0.243 e. The Bertz CT molecular complexity index is 641. The number of likely N-dealkylation sites (N-methyl/N-ethyl adjacent to an activating group) is 1. The summed E-state index contributed by atoms with van der Waals surface area (Å²) >= 11 is 0. The van der Waals surface area contributed by atoms with E-state index in [2.05, 4.69) is 15.6 Å². The van der Waals surface area contributed by atoms with E-state index in [1.807, 2.05) is 6.92 Å². The van der Waals surface area contributed by atoms with Crippen LogP contribution in [0.2, 0.25) is 0 Å². The van der Waals surface area contributed by atoms with Crippen LogP contribution >= 0.6 is 24.0 Å². The topological polar surface area (TPSA) is 56.7 Å². The molecule has 1 aliphatic rings. The Hall–Kier alpha value is -1.45. The number of hydrogen-bond donors (Lipinski definition) is 2. The van der Waals surface area contributed by atoms with Gasteiger partial charge in [0.25, 0.3) is 0 Å². The minimum absolute atomic E-state index is 0. The second-order valence-electron chi connectivity index (χ2n) is 6.92. The normalized spacial score (nSPS) is 15.8. The van der Waals surface area contributed by atoms with Crippen molar-refractivity contribution in [2.75, 3.05) is 33.7 Å². The summed E-state index contributed by atoms with van der Waals surface area (Å²) in [5.74, 6) is -0.638. The number of guanidine groups is 1. The van der Waals surface area contributed by atoms with Gasteiger partial charge in [-0.1, -0.05) is 18.9 Å². The van der Waals surface area contributed by atoms with E-state index < -0.39 is 17.0 Å². The van der Waals surface area contributed by atoms with Gasteiger partial charge in [0.05, 0.1) is 0 Å². The monoisotopic (exact) mass is 494 g/mol. The van der Waals surface area contributed by atoms with Gasteiger partial charge in [0, 0.05) is 38.2 Å². The molecule has 0 radical (unpaired) electrons. The Morgan fingerprint density at radius 2 is 1.78 bits per heavy atom. The molecule has 1 aromatic rings. The van der Waals surface area contributed by atoms with Crippen molar-refractivity contribution in [3.8, 4) is 0 Å².